The summed E-state index contributed by atoms with van der Waals surface area (Å²) >= 11 is 0. The van der Waals surface area contributed by atoms with Crippen LogP contribution in [-0.2, 0) is 25.7 Å². The molecule has 0 spiro atoms. The van der Waals surface area contributed by atoms with Crippen molar-refractivity contribution in [2.24, 2.45) is 0 Å². The van der Waals surface area contributed by atoms with Crippen LogP contribution in [0.1, 0.15) is 50.2 Å². The van der Waals surface area contributed by atoms with Gasteiger partial charge in [-0.3, -0.25) is 29.8 Å². The largest absolute Gasteiger partial charge is 0.466 e. The summed E-state index contributed by atoms with van der Waals surface area (Å²) in [5, 5.41) is 22.0. The maximum Gasteiger partial charge on any atom is 0.306 e. The highest BCUT2D eigenvalue weighted by atomic mass is 16.6. The van der Waals surface area contributed by atoms with Gasteiger partial charge in [0.15, 0.2) is 0 Å². The van der Waals surface area contributed by atoms with Gasteiger partial charge in [-0.15, -0.1) is 0 Å². The van der Waals surface area contributed by atoms with Crippen LogP contribution in [-0.4, -0.2) is 28.4 Å². The molecule has 0 fully saturated rings. The van der Waals surface area contributed by atoms with Crippen LogP contribution in [0.3, 0.4) is 0 Å². The van der Waals surface area contributed by atoms with Crippen LogP contribution in [0.2, 0.25) is 0 Å². The van der Waals surface area contributed by atoms with E-state index < -0.39 is 33.2 Å². The number of rotatable bonds is 11. The van der Waals surface area contributed by atoms with Gasteiger partial charge in [-0.05, 0) is 13.3 Å². The topological polar surface area (TPSA) is 139 Å². The number of hydrogen-bond acceptors (Lipinski definition) is 8. The third-order valence-corrected chi connectivity index (χ3v) is 3.75. The molecule has 0 heterocycles. The van der Waals surface area contributed by atoms with Crippen LogP contribution in [0, 0.1) is 27.2 Å². The molecule has 10 nitrogen and oxygen atoms in total. The molecule has 0 aliphatic carbocycles. The first-order valence-corrected chi connectivity index (χ1v) is 8.49. The summed E-state index contributed by atoms with van der Waals surface area (Å²) in [6.45, 7) is 3.23. The first kappa shape index (κ1) is 22.0. The van der Waals surface area contributed by atoms with Gasteiger partial charge in [0.05, 0.1) is 29.3 Å². The molecule has 0 aromatic heterocycles. The Bertz CT molecular complexity index is 682. The van der Waals surface area contributed by atoms with Crippen LogP contribution in [0.25, 0.3) is 0 Å². The number of hydrogen-bond donors (Lipinski definition) is 0. The number of carbonyl (C=O) groups excluding carboxylic acids is 2. The summed E-state index contributed by atoms with van der Waals surface area (Å²) in [5.41, 5.74) is -0.808. The van der Waals surface area contributed by atoms with E-state index in [0.29, 0.717) is 6.61 Å². The first-order chi connectivity index (χ1) is 12.8. The fourth-order valence-electron chi connectivity index (χ4n) is 2.25. The smallest absolute Gasteiger partial charge is 0.306 e. The molecule has 0 saturated heterocycles. The number of ether oxygens (including phenoxy) is 2. The number of unbranched alkanes of at least 4 members (excludes halogenated alkanes) is 2. The lowest BCUT2D eigenvalue weighted by molar-refractivity contribution is -0.395. The lowest BCUT2D eigenvalue weighted by Gasteiger charge is -2.07. The highest BCUT2D eigenvalue weighted by Crippen LogP contribution is 2.29. The molecule has 0 bridgehead atoms. The van der Waals surface area contributed by atoms with Crippen molar-refractivity contribution >= 4 is 23.3 Å². The number of nitro benzene ring substituents is 2. The molecule has 10 heteroatoms. The molecule has 27 heavy (non-hydrogen) atoms. The van der Waals surface area contributed by atoms with Crippen LogP contribution >= 0.6 is 0 Å². The molecule has 1 aromatic carbocycles. The monoisotopic (exact) mass is 382 g/mol. The van der Waals surface area contributed by atoms with Gasteiger partial charge < -0.3 is 9.47 Å². The molecule has 0 aliphatic heterocycles. The summed E-state index contributed by atoms with van der Waals surface area (Å²) < 4.78 is 9.90. The quantitative estimate of drug-likeness (QED) is 0.246. The predicted molar refractivity (Wildman–Crippen MR) is 94.0 cm³/mol. The second kappa shape index (κ2) is 10.8. The number of nitrogens with zero attached hydrogens (tertiary/aromatic N) is 2. The van der Waals surface area contributed by atoms with Gasteiger partial charge in [-0.1, -0.05) is 19.8 Å². The molecular weight excluding hydrogens is 360 g/mol. The van der Waals surface area contributed by atoms with E-state index in [-0.39, 0.29) is 30.6 Å². The van der Waals surface area contributed by atoms with E-state index in [4.69, 9.17) is 9.47 Å². The van der Waals surface area contributed by atoms with Gasteiger partial charge in [0, 0.05) is 17.7 Å². The highest BCUT2D eigenvalue weighted by molar-refractivity contribution is 5.77. The maximum atomic E-state index is 11.7. The van der Waals surface area contributed by atoms with Crippen LogP contribution in [0.5, 0.6) is 0 Å². The summed E-state index contributed by atoms with van der Waals surface area (Å²) in [4.78, 5) is 43.7. The number of esters is 2. The zero-order chi connectivity index (χ0) is 20.4. The van der Waals surface area contributed by atoms with Crippen LogP contribution in [0.4, 0.5) is 11.4 Å². The van der Waals surface area contributed by atoms with Crippen LogP contribution < -0.4 is 0 Å². The molecular formula is C17H22N2O8. The molecule has 1 aromatic rings. The molecule has 0 atom stereocenters. The molecule has 148 valence electrons. The van der Waals surface area contributed by atoms with Gasteiger partial charge in [0.25, 0.3) is 11.4 Å². The molecule has 0 radical (unpaired) electrons. The van der Waals surface area contributed by atoms with E-state index in [1.54, 1.807) is 0 Å². The lowest BCUT2D eigenvalue weighted by atomic mass is 10.1. The molecule has 1 rings (SSSR count). The fourth-order valence-corrected chi connectivity index (χ4v) is 2.25. The van der Waals surface area contributed by atoms with E-state index in [2.05, 4.69) is 0 Å². The van der Waals surface area contributed by atoms with Gasteiger partial charge in [0.2, 0.25) is 0 Å². The van der Waals surface area contributed by atoms with E-state index >= 15 is 0 Å². The Morgan fingerprint density at radius 3 is 1.96 bits per heavy atom. The van der Waals surface area contributed by atoms with E-state index in [1.807, 2.05) is 6.92 Å². The van der Waals surface area contributed by atoms with Gasteiger partial charge in [0.1, 0.15) is 12.2 Å². The minimum absolute atomic E-state index is 0.0779. The van der Waals surface area contributed by atoms with Crippen molar-refractivity contribution in [3.8, 4) is 0 Å². The second-order valence-electron chi connectivity index (χ2n) is 5.86. The minimum Gasteiger partial charge on any atom is -0.466 e. The molecule has 0 N–H and O–H groups in total. The second-order valence-corrected chi connectivity index (χ2v) is 5.86. The van der Waals surface area contributed by atoms with Gasteiger partial charge in [-0.2, -0.15) is 0 Å². The normalized spacial score (nSPS) is 10.3. The lowest BCUT2D eigenvalue weighted by Crippen LogP contribution is -2.11. The zero-order valence-corrected chi connectivity index (χ0v) is 15.3. The number of carbonyl (C=O) groups is 2. The summed E-state index contributed by atoms with van der Waals surface area (Å²) in [6, 6.07) is 2.25. The predicted octanol–water partition coefficient (Wildman–Crippen LogP) is 3.37. The Morgan fingerprint density at radius 2 is 1.48 bits per heavy atom. The minimum atomic E-state index is -0.734. The van der Waals surface area contributed by atoms with Crippen molar-refractivity contribution in [2.75, 3.05) is 6.61 Å². The molecule has 0 saturated carbocycles. The Hall–Kier alpha value is -3.04. The fraction of sp³-hybridized carbons (Fsp3) is 0.529. The third kappa shape index (κ3) is 7.38. The van der Waals surface area contributed by atoms with Gasteiger partial charge >= 0.3 is 11.9 Å². The molecule has 0 amide bonds. The van der Waals surface area contributed by atoms with Crippen molar-refractivity contribution in [3.63, 3.8) is 0 Å². The Kier molecular flexibility index (Phi) is 8.83. The van der Waals surface area contributed by atoms with Crippen molar-refractivity contribution < 1.29 is 28.9 Å². The van der Waals surface area contributed by atoms with E-state index in [9.17, 15) is 29.8 Å². The molecule has 0 aliphatic rings. The van der Waals surface area contributed by atoms with Crippen molar-refractivity contribution in [2.45, 2.75) is 52.6 Å². The average molecular weight is 382 g/mol. The Balaban J connectivity index is 2.57. The standard InChI is InChI=1S/C17H22N2O8/c1-3-4-5-8-26-16(20)6-7-17(21)27-11-13-9-14(18(22)23)12(2)15(10-13)19(24)25/h9-10H,3-8,11H2,1-2H3. The van der Waals surface area contributed by atoms with Crippen molar-refractivity contribution in [3.05, 3.63) is 43.5 Å². The first-order valence-electron chi connectivity index (χ1n) is 8.49. The van der Waals surface area contributed by atoms with Gasteiger partial charge in [-0.25, -0.2) is 0 Å². The Morgan fingerprint density at radius 1 is 0.963 bits per heavy atom. The average Bonchev–Trinajstić information content (AvgIpc) is 2.62. The summed E-state index contributed by atoms with van der Waals surface area (Å²) in [6.07, 6.45) is 2.36. The summed E-state index contributed by atoms with van der Waals surface area (Å²) in [7, 11) is 0. The third-order valence-electron chi connectivity index (χ3n) is 3.75. The van der Waals surface area contributed by atoms with Crippen LogP contribution in [0.15, 0.2) is 12.1 Å². The van der Waals surface area contributed by atoms with Crippen molar-refractivity contribution in [1.29, 1.82) is 0 Å². The molecule has 0 unspecified atom stereocenters. The van der Waals surface area contributed by atoms with E-state index in [0.717, 1.165) is 31.4 Å². The number of nitro groups is 2. The van der Waals surface area contributed by atoms with E-state index in [1.165, 1.54) is 6.92 Å². The SMILES string of the molecule is CCCCCOC(=O)CCC(=O)OCc1cc([N+](=O)[O-])c(C)c([N+](=O)[O-])c1. The zero-order valence-electron chi connectivity index (χ0n) is 15.3. The highest BCUT2D eigenvalue weighted by Gasteiger charge is 2.23. The maximum absolute atomic E-state index is 11.7. The number of benzene rings is 1. The summed E-state index contributed by atoms with van der Waals surface area (Å²) in [5.74, 6) is -1.21. The van der Waals surface area contributed by atoms with Crippen molar-refractivity contribution in [1.82, 2.24) is 0 Å². The Labute approximate surface area is 155 Å².